The molecule has 1 aromatic carbocycles. The van der Waals surface area contributed by atoms with E-state index in [4.69, 9.17) is 4.74 Å². The Bertz CT molecular complexity index is 487. The number of rotatable bonds is 6. The van der Waals surface area contributed by atoms with Crippen LogP contribution in [0.25, 0.3) is 0 Å². The molecule has 4 heteroatoms. The smallest absolute Gasteiger partial charge is 0.262 e. The van der Waals surface area contributed by atoms with E-state index < -0.39 is 5.54 Å². The summed E-state index contributed by atoms with van der Waals surface area (Å²) in [5.74, 6) is -0.454. The Hall–Kier alpha value is -1.68. The standard InChI is InChI=1S/C16H21NO3/c1-4-5-10-20-11-16(2,3)17-14(18)12-8-6-7-9-13(12)15(17)19/h6-9H,4-5,10-11H2,1-3H3. The molecular formula is C16H21NO3. The highest BCUT2D eigenvalue weighted by Crippen LogP contribution is 2.29. The van der Waals surface area contributed by atoms with Crippen LogP contribution >= 0.6 is 0 Å². The van der Waals surface area contributed by atoms with Gasteiger partial charge in [0.1, 0.15) is 0 Å². The minimum Gasteiger partial charge on any atom is -0.379 e. The maximum Gasteiger partial charge on any atom is 0.262 e. The lowest BCUT2D eigenvalue weighted by Gasteiger charge is -2.33. The summed E-state index contributed by atoms with van der Waals surface area (Å²) in [5.41, 5.74) is 0.333. The second-order valence-corrected chi connectivity index (χ2v) is 5.71. The van der Waals surface area contributed by atoms with Gasteiger partial charge in [0.2, 0.25) is 0 Å². The number of nitrogens with zero attached hydrogens (tertiary/aromatic N) is 1. The Morgan fingerprint density at radius 3 is 2.15 bits per heavy atom. The number of carbonyl (C=O) groups excluding carboxylic acids is 2. The van der Waals surface area contributed by atoms with Crippen molar-refractivity contribution in [2.45, 2.75) is 39.2 Å². The summed E-state index contributed by atoms with van der Waals surface area (Å²) >= 11 is 0. The van der Waals surface area contributed by atoms with E-state index in [-0.39, 0.29) is 11.8 Å². The molecule has 0 saturated carbocycles. The zero-order valence-corrected chi connectivity index (χ0v) is 12.3. The van der Waals surface area contributed by atoms with Gasteiger partial charge in [-0.05, 0) is 32.4 Å². The molecule has 2 amide bonds. The molecule has 0 radical (unpaired) electrons. The average Bonchev–Trinajstić information content (AvgIpc) is 2.68. The van der Waals surface area contributed by atoms with Crippen LogP contribution in [-0.2, 0) is 4.74 Å². The summed E-state index contributed by atoms with van der Waals surface area (Å²) in [7, 11) is 0. The second-order valence-electron chi connectivity index (χ2n) is 5.71. The van der Waals surface area contributed by atoms with Crippen LogP contribution in [0.3, 0.4) is 0 Å². The Morgan fingerprint density at radius 1 is 1.10 bits per heavy atom. The predicted octanol–water partition coefficient (Wildman–Crippen LogP) is 2.88. The molecule has 0 unspecified atom stereocenters. The van der Waals surface area contributed by atoms with Crippen molar-refractivity contribution in [1.82, 2.24) is 4.90 Å². The van der Waals surface area contributed by atoms with E-state index in [2.05, 4.69) is 6.92 Å². The number of hydrogen-bond acceptors (Lipinski definition) is 3. The lowest BCUT2D eigenvalue weighted by molar-refractivity contribution is 0.0157. The van der Waals surface area contributed by atoms with Gasteiger partial charge in [-0.2, -0.15) is 0 Å². The molecule has 2 rings (SSSR count). The SMILES string of the molecule is CCCCOCC(C)(C)N1C(=O)c2ccccc2C1=O. The molecule has 0 fully saturated rings. The van der Waals surface area contributed by atoms with E-state index in [9.17, 15) is 9.59 Å². The Kier molecular flexibility index (Phi) is 4.23. The zero-order valence-electron chi connectivity index (χ0n) is 12.3. The average molecular weight is 275 g/mol. The molecule has 0 aliphatic carbocycles. The monoisotopic (exact) mass is 275 g/mol. The molecule has 0 saturated heterocycles. The highest BCUT2D eigenvalue weighted by molar-refractivity contribution is 6.21. The number of carbonyl (C=O) groups is 2. The number of benzene rings is 1. The van der Waals surface area contributed by atoms with Gasteiger partial charge in [0.25, 0.3) is 11.8 Å². The molecular weight excluding hydrogens is 254 g/mol. The predicted molar refractivity (Wildman–Crippen MR) is 76.7 cm³/mol. The molecule has 0 aromatic heterocycles. The van der Waals surface area contributed by atoms with E-state index in [1.54, 1.807) is 24.3 Å². The highest BCUT2D eigenvalue weighted by atomic mass is 16.5. The van der Waals surface area contributed by atoms with Crippen molar-refractivity contribution < 1.29 is 14.3 Å². The van der Waals surface area contributed by atoms with E-state index >= 15 is 0 Å². The van der Waals surface area contributed by atoms with E-state index in [0.29, 0.717) is 24.3 Å². The number of amides is 2. The van der Waals surface area contributed by atoms with Crippen LogP contribution < -0.4 is 0 Å². The third kappa shape index (κ3) is 2.61. The normalized spacial score (nSPS) is 14.8. The summed E-state index contributed by atoms with van der Waals surface area (Å²) in [5, 5.41) is 0. The summed E-state index contributed by atoms with van der Waals surface area (Å²) in [6, 6.07) is 6.95. The van der Waals surface area contributed by atoms with Gasteiger partial charge in [-0.15, -0.1) is 0 Å². The summed E-state index contributed by atoms with van der Waals surface area (Å²) in [4.78, 5) is 26.1. The number of fused-ring (bicyclic) bond motifs is 1. The minimum absolute atomic E-state index is 0.227. The topological polar surface area (TPSA) is 46.6 Å². The lowest BCUT2D eigenvalue weighted by atomic mass is 10.0. The fourth-order valence-electron chi connectivity index (χ4n) is 2.37. The summed E-state index contributed by atoms with van der Waals surface area (Å²) in [6.45, 7) is 6.83. The van der Waals surface area contributed by atoms with Gasteiger partial charge in [-0.25, -0.2) is 0 Å². The fraction of sp³-hybridized carbons (Fsp3) is 0.500. The molecule has 0 N–H and O–H groups in total. The molecule has 4 nitrogen and oxygen atoms in total. The van der Waals surface area contributed by atoms with Crippen molar-refractivity contribution >= 4 is 11.8 Å². The van der Waals surface area contributed by atoms with Gasteiger partial charge >= 0.3 is 0 Å². The second kappa shape index (κ2) is 5.75. The maximum atomic E-state index is 12.4. The van der Waals surface area contributed by atoms with Crippen LogP contribution in [0, 0.1) is 0 Å². The van der Waals surface area contributed by atoms with Crippen molar-refractivity contribution in [3.8, 4) is 0 Å². The number of hydrogen-bond donors (Lipinski definition) is 0. The molecule has 0 atom stereocenters. The van der Waals surface area contributed by atoms with Crippen LogP contribution in [0.1, 0.15) is 54.3 Å². The van der Waals surface area contributed by atoms with Crippen molar-refractivity contribution in [3.63, 3.8) is 0 Å². The first kappa shape index (κ1) is 14.7. The Labute approximate surface area is 119 Å². The molecule has 20 heavy (non-hydrogen) atoms. The number of imide groups is 1. The third-order valence-electron chi connectivity index (χ3n) is 3.50. The number of unbranched alkanes of at least 4 members (excludes halogenated alkanes) is 1. The maximum absolute atomic E-state index is 12.4. The van der Waals surface area contributed by atoms with Crippen LogP contribution in [0.2, 0.25) is 0 Å². The van der Waals surface area contributed by atoms with E-state index in [1.165, 1.54) is 4.90 Å². The van der Waals surface area contributed by atoms with Gasteiger partial charge in [-0.3, -0.25) is 14.5 Å². The van der Waals surface area contributed by atoms with Crippen molar-refractivity contribution in [1.29, 1.82) is 0 Å². The molecule has 0 bridgehead atoms. The van der Waals surface area contributed by atoms with Crippen LogP contribution in [0.15, 0.2) is 24.3 Å². The van der Waals surface area contributed by atoms with Gasteiger partial charge in [0.05, 0.1) is 23.3 Å². The van der Waals surface area contributed by atoms with Crippen molar-refractivity contribution in [2.75, 3.05) is 13.2 Å². The Morgan fingerprint density at radius 2 is 1.65 bits per heavy atom. The largest absolute Gasteiger partial charge is 0.379 e. The van der Waals surface area contributed by atoms with E-state index in [1.807, 2.05) is 13.8 Å². The van der Waals surface area contributed by atoms with Gasteiger partial charge < -0.3 is 4.74 Å². The third-order valence-corrected chi connectivity index (χ3v) is 3.50. The Balaban J connectivity index is 2.13. The van der Waals surface area contributed by atoms with Gasteiger partial charge in [0, 0.05) is 6.61 Å². The van der Waals surface area contributed by atoms with E-state index in [0.717, 1.165) is 12.8 Å². The molecule has 1 heterocycles. The molecule has 1 aliphatic rings. The van der Waals surface area contributed by atoms with Crippen molar-refractivity contribution in [3.05, 3.63) is 35.4 Å². The molecule has 0 spiro atoms. The zero-order chi connectivity index (χ0) is 14.8. The summed E-state index contributed by atoms with van der Waals surface area (Å²) < 4.78 is 5.60. The summed E-state index contributed by atoms with van der Waals surface area (Å²) in [6.07, 6.45) is 2.05. The molecule has 108 valence electrons. The number of ether oxygens (including phenoxy) is 1. The first-order valence-electron chi connectivity index (χ1n) is 7.04. The first-order chi connectivity index (χ1) is 9.49. The van der Waals surface area contributed by atoms with Crippen molar-refractivity contribution in [2.24, 2.45) is 0 Å². The van der Waals surface area contributed by atoms with Crippen LogP contribution in [-0.4, -0.2) is 35.5 Å². The fourth-order valence-corrected chi connectivity index (χ4v) is 2.37. The van der Waals surface area contributed by atoms with Crippen LogP contribution in [0.5, 0.6) is 0 Å². The quantitative estimate of drug-likeness (QED) is 0.592. The molecule has 1 aromatic rings. The highest BCUT2D eigenvalue weighted by Gasteiger charge is 2.43. The first-order valence-corrected chi connectivity index (χ1v) is 7.04. The van der Waals surface area contributed by atoms with Gasteiger partial charge in [0.15, 0.2) is 0 Å². The van der Waals surface area contributed by atoms with Crippen LogP contribution in [0.4, 0.5) is 0 Å². The minimum atomic E-state index is -0.638. The molecule has 1 aliphatic heterocycles. The lowest BCUT2D eigenvalue weighted by Crippen LogP contribution is -2.50. The van der Waals surface area contributed by atoms with Gasteiger partial charge in [-0.1, -0.05) is 25.5 Å².